The van der Waals surface area contributed by atoms with E-state index in [1.165, 1.54) is 11.3 Å². The molecular formula is C15H13ClN2O2S. The van der Waals surface area contributed by atoms with Gasteiger partial charge < -0.3 is 15.1 Å². The van der Waals surface area contributed by atoms with E-state index in [4.69, 9.17) is 21.8 Å². The Bertz CT molecular complexity index is 795. The molecule has 0 aliphatic carbocycles. The van der Waals surface area contributed by atoms with Gasteiger partial charge >= 0.3 is 0 Å². The van der Waals surface area contributed by atoms with E-state index in [2.05, 4.69) is 0 Å². The lowest BCUT2D eigenvalue weighted by Crippen LogP contribution is -2.25. The first-order valence-electron chi connectivity index (χ1n) is 6.31. The summed E-state index contributed by atoms with van der Waals surface area (Å²) in [6.45, 7) is 0.403. The summed E-state index contributed by atoms with van der Waals surface area (Å²) in [5, 5.41) is 1.49. The number of rotatable bonds is 3. The molecule has 21 heavy (non-hydrogen) atoms. The summed E-state index contributed by atoms with van der Waals surface area (Å²) < 4.78 is 6.17. The van der Waals surface area contributed by atoms with Crippen LogP contribution in [0.2, 0.25) is 5.02 Å². The first-order chi connectivity index (χ1) is 10.1. The molecule has 2 heterocycles. The van der Waals surface area contributed by atoms with Gasteiger partial charge in [-0.25, -0.2) is 0 Å². The molecule has 0 unspecified atom stereocenters. The number of thiophene rings is 1. The van der Waals surface area contributed by atoms with Crippen molar-refractivity contribution in [3.8, 4) is 0 Å². The van der Waals surface area contributed by atoms with Gasteiger partial charge in [0.05, 0.1) is 18.5 Å². The highest BCUT2D eigenvalue weighted by atomic mass is 35.5. The average molecular weight is 321 g/mol. The zero-order chi connectivity index (χ0) is 15.0. The second-order valence-electron chi connectivity index (χ2n) is 4.73. The molecule has 3 rings (SSSR count). The van der Waals surface area contributed by atoms with Gasteiger partial charge in [-0.3, -0.25) is 4.79 Å². The molecule has 108 valence electrons. The molecule has 0 saturated heterocycles. The number of hydrogen-bond donors (Lipinski definition) is 1. The third-order valence-corrected chi connectivity index (χ3v) is 4.60. The minimum atomic E-state index is -0.124. The third-order valence-electron chi connectivity index (χ3n) is 3.20. The van der Waals surface area contributed by atoms with E-state index in [0.29, 0.717) is 22.1 Å². The van der Waals surface area contributed by atoms with E-state index in [1.54, 1.807) is 30.3 Å². The summed E-state index contributed by atoms with van der Waals surface area (Å²) in [5.41, 5.74) is 6.60. The molecule has 0 radical (unpaired) electrons. The molecule has 1 aromatic carbocycles. The molecule has 0 aliphatic rings. The van der Waals surface area contributed by atoms with Gasteiger partial charge in [-0.1, -0.05) is 11.6 Å². The lowest BCUT2D eigenvalue weighted by Gasteiger charge is -2.14. The standard InChI is InChI=1S/C15H13ClN2O2S/c1-18(8-10-3-2-6-20-10)15(19)14-13(17)11-5-4-9(16)7-12(11)21-14/h2-7H,8,17H2,1H3. The van der Waals surface area contributed by atoms with Crippen LogP contribution in [0.15, 0.2) is 41.0 Å². The highest BCUT2D eigenvalue weighted by molar-refractivity contribution is 7.21. The highest BCUT2D eigenvalue weighted by Gasteiger charge is 2.20. The van der Waals surface area contributed by atoms with E-state index in [0.717, 1.165) is 15.8 Å². The number of nitrogens with zero attached hydrogens (tertiary/aromatic N) is 1. The van der Waals surface area contributed by atoms with Crippen LogP contribution in [0.1, 0.15) is 15.4 Å². The largest absolute Gasteiger partial charge is 0.467 e. The van der Waals surface area contributed by atoms with Crippen LogP contribution in [0.3, 0.4) is 0 Å². The van der Waals surface area contributed by atoms with Crippen LogP contribution in [0, 0.1) is 0 Å². The van der Waals surface area contributed by atoms with Crippen LogP contribution in [0.4, 0.5) is 5.69 Å². The Hall–Kier alpha value is -1.98. The molecule has 3 aromatic rings. The molecule has 2 N–H and O–H groups in total. The summed E-state index contributed by atoms with van der Waals surface area (Å²) in [6, 6.07) is 9.06. The second kappa shape index (κ2) is 5.42. The number of carbonyl (C=O) groups is 1. The molecule has 0 aliphatic heterocycles. The zero-order valence-corrected chi connectivity index (χ0v) is 12.9. The predicted molar refractivity (Wildman–Crippen MR) is 85.8 cm³/mol. The number of benzene rings is 1. The van der Waals surface area contributed by atoms with Gasteiger partial charge in [0.1, 0.15) is 10.6 Å². The Labute approximate surface area is 130 Å². The lowest BCUT2D eigenvalue weighted by atomic mass is 10.2. The minimum absolute atomic E-state index is 0.124. The Balaban J connectivity index is 1.92. The quantitative estimate of drug-likeness (QED) is 0.793. The Kier molecular flexibility index (Phi) is 3.61. The number of fused-ring (bicyclic) bond motifs is 1. The molecule has 2 aromatic heterocycles. The Morgan fingerprint density at radius 2 is 2.24 bits per heavy atom. The maximum Gasteiger partial charge on any atom is 0.266 e. The molecule has 0 spiro atoms. The molecule has 0 bridgehead atoms. The van der Waals surface area contributed by atoms with Crippen molar-refractivity contribution < 1.29 is 9.21 Å². The van der Waals surface area contributed by atoms with Crippen molar-refractivity contribution in [2.45, 2.75) is 6.54 Å². The Morgan fingerprint density at radius 3 is 2.95 bits per heavy atom. The van der Waals surface area contributed by atoms with Crippen molar-refractivity contribution in [3.63, 3.8) is 0 Å². The number of nitrogens with two attached hydrogens (primary N) is 1. The van der Waals surface area contributed by atoms with E-state index in [-0.39, 0.29) is 5.91 Å². The normalized spacial score (nSPS) is 11.0. The average Bonchev–Trinajstić information content (AvgIpc) is 3.06. The summed E-state index contributed by atoms with van der Waals surface area (Å²) in [7, 11) is 1.72. The van der Waals surface area contributed by atoms with Crippen molar-refractivity contribution in [3.05, 3.63) is 52.3 Å². The number of carbonyl (C=O) groups excluding carboxylic acids is 1. The molecule has 0 atom stereocenters. The van der Waals surface area contributed by atoms with Gasteiger partial charge in [0, 0.05) is 22.2 Å². The van der Waals surface area contributed by atoms with Crippen LogP contribution in [-0.2, 0) is 6.54 Å². The molecule has 6 heteroatoms. The smallest absolute Gasteiger partial charge is 0.266 e. The van der Waals surface area contributed by atoms with Crippen LogP contribution in [0.25, 0.3) is 10.1 Å². The van der Waals surface area contributed by atoms with Gasteiger partial charge in [0.25, 0.3) is 5.91 Å². The molecule has 4 nitrogen and oxygen atoms in total. The molecule has 0 saturated carbocycles. The molecule has 1 amide bonds. The fraction of sp³-hybridized carbons (Fsp3) is 0.133. The summed E-state index contributed by atoms with van der Waals surface area (Å²) in [6.07, 6.45) is 1.59. The Morgan fingerprint density at radius 1 is 1.43 bits per heavy atom. The van der Waals surface area contributed by atoms with E-state index >= 15 is 0 Å². The maximum atomic E-state index is 12.5. The number of hydrogen-bond acceptors (Lipinski definition) is 4. The van der Waals surface area contributed by atoms with Crippen molar-refractivity contribution >= 4 is 44.6 Å². The first kappa shape index (κ1) is 14.0. The summed E-state index contributed by atoms with van der Waals surface area (Å²) in [5.74, 6) is 0.606. The summed E-state index contributed by atoms with van der Waals surface area (Å²) >= 11 is 7.33. The van der Waals surface area contributed by atoms with Crippen molar-refractivity contribution in [2.24, 2.45) is 0 Å². The number of furan rings is 1. The monoisotopic (exact) mass is 320 g/mol. The fourth-order valence-corrected chi connectivity index (χ4v) is 3.52. The van der Waals surface area contributed by atoms with Gasteiger partial charge in [-0.15, -0.1) is 11.3 Å². The van der Waals surface area contributed by atoms with Gasteiger partial charge in [0.2, 0.25) is 0 Å². The summed E-state index contributed by atoms with van der Waals surface area (Å²) in [4.78, 5) is 14.6. The number of amides is 1. The van der Waals surface area contributed by atoms with Crippen molar-refractivity contribution in [1.29, 1.82) is 0 Å². The maximum absolute atomic E-state index is 12.5. The van der Waals surface area contributed by atoms with Crippen molar-refractivity contribution in [2.75, 3.05) is 12.8 Å². The number of anilines is 1. The van der Waals surface area contributed by atoms with Crippen LogP contribution in [0.5, 0.6) is 0 Å². The SMILES string of the molecule is CN(Cc1ccco1)C(=O)c1sc2cc(Cl)ccc2c1N. The van der Waals surface area contributed by atoms with Gasteiger partial charge in [-0.2, -0.15) is 0 Å². The number of nitrogen functional groups attached to an aromatic ring is 1. The third kappa shape index (κ3) is 2.62. The van der Waals surface area contributed by atoms with Crippen LogP contribution >= 0.6 is 22.9 Å². The first-order valence-corrected chi connectivity index (χ1v) is 7.51. The fourth-order valence-electron chi connectivity index (χ4n) is 2.13. The van der Waals surface area contributed by atoms with E-state index < -0.39 is 0 Å². The topological polar surface area (TPSA) is 59.5 Å². The molecule has 0 fully saturated rings. The van der Waals surface area contributed by atoms with E-state index in [1.807, 2.05) is 18.2 Å². The van der Waals surface area contributed by atoms with Crippen LogP contribution < -0.4 is 5.73 Å². The van der Waals surface area contributed by atoms with Gasteiger partial charge in [-0.05, 0) is 30.3 Å². The molecular weight excluding hydrogens is 308 g/mol. The second-order valence-corrected chi connectivity index (χ2v) is 6.21. The van der Waals surface area contributed by atoms with Crippen molar-refractivity contribution in [1.82, 2.24) is 4.90 Å². The minimum Gasteiger partial charge on any atom is -0.467 e. The van der Waals surface area contributed by atoms with Crippen LogP contribution in [-0.4, -0.2) is 17.9 Å². The predicted octanol–water partition coefficient (Wildman–Crippen LogP) is 4.00. The number of halogens is 1. The van der Waals surface area contributed by atoms with E-state index in [9.17, 15) is 4.79 Å². The zero-order valence-electron chi connectivity index (χ0n) is 11.3. The highest BCUT2D eigenvalue weighted by Crippen LogP contribution is 2.35. The van der Waals surface area contributed by atoms with Gasteiger partial charge in [0.15, 0.2) is 0 Å². The lowest BCUT2D eigenvalue weighted by molar-refractivity contribution is 0.0781.